The fourth-order valence-corrected chi connectivity index (χ4v) is 4.55. The number of benzene rings is 3. The van der Waals surface area contributed by atoms with Gasteiger partial charge < -0.3 is 4.74 Å². The molecule has 0 bridgehead atoms. The van der Waals surface area contributed by atoms with E-state index in [1.54, 1.807) is 18.2 Å². The summed E-state index contributed by atoms with van der Waals surface area (Å²) in [7, 11) is 0. The van der Waals surface area contributed by atoms with Gasteiger partial charge in [-0.3, -0.25) is 14.9 Å². The van der Waals surface area contributed by atoms with Crippen LogP contribution in [0.4, 0.5) is 5.69 Å². The van der Waals surface area contributed by atoms with Gasteiger partial charge >= 0.3 is 5.69 Å². The lowest BCUT2D eigenvalue weighted by Crippen LogP contribution is -2.23. The Morgan fingerprint density at radius 1 is 1.14 bits per heavy atom. The van der Waals surface area contributed by atoms with Gasteiger partial charge in [0, 0.05) is 26.5 Å². The van der Waals surface area contributed by atoms with Crippen LogP contribution >= 0.6 is 31.9 Å². The zero-order valence-corrected chi connectivity index (χ0v) is 23.6. The SMILES string of the molecule is CC[C@@H](C)c1nc2ccc(Br)cc2c(=O)n1N=Cc1cc(Br)cc([N+](=O)[O-])c1OCc1ccc(C)cc1. The molecule has 0 saturated carbocycles. The number of nitrogens with zero attached hydrogens (tertiary/aromatic N) is 4. The van der Waals surface area contributed by atoms with Crippen molar-refractivity contribution in [3.05, 3.63) is 107 Å². The second-order valence-electron chi connectivity index (χ2n) is 8.68. The van der Waals surface area contributed by atoms with Crippen molar-refractivity contribution in [2.24, 2.45) is 5.10 Å². The maximum absolute atomic E-state index is 13.4. The molecule has 37 heavy (non-hydrogen) atoms. The number of nitro groups is 1. The van der Waals surface area contributed by atoms with Crippen LogP contribution in [-0.2, 0) is 6.61 Å². The summed E-state index contributed by atoms with van der Waals surface area (Å²) in [4.78, 5) is 29.5. The quantitative estimate of drug-likeness (QED) is 0.118. The van der Waals surface area contributed by atoms with E-state index in [9.17, 15) is 14.9 Å². The van der Waals surface area contributed by atoms with Crippen LogP contribution < -0.4 is 10.3 Å². The first-order valence-corrected chi connectivity index (χ1v) is 13.2. The van der Waals surface area contributed by atoms with Gasteiger partial charge in [0.05, 0.1) is 22.0 Å². The molecule has 190 valence electrons. The molecule has 10 heteroatoms. The summed E-state index contributed by atoms with van der Waals surface area (Å²) >= 11 is 6.75. The molecule has 1 aromatic heterocycles. The first-order valence-electron chi connectivity index (χ1n) is 11.6. The number of hydrogen-bond donors (Lipinski definition) is 0. The Morgan fingerprint density at radius 3 is 2.54 bits per heavy atom. The molecule has 4 aromatic rings. The third kappa shape index (κ3) is 5.97. The normalized spacial score (nSPS) is 12.2. The van der Waals surface area contributed by atoms with E-state index in [1.807, 2.05) is 51.1 Å². The molecule has 0 saturated heterocycles. The highest BCUT2D eigenvalue weighted by Gasteiger charge is 2.21. The zero-order valence-electron chi connectivity index (χ0n) is 20.4. The van der Waals surface area contributed by atoms with Gasteiger partial charge in [0.2, 0.25) is 5.75 Å². The Labute approximate surface area is 230 Å². The van der Waals surface area contributed by atoms with E-state index in [2.05, 4.69) is 37.0 Å². The standard InChI is InChI=1S/C27H24Br2N4O4/c1-4-17(3)26-31-23-10-9-20(28)12-22(23)27(34)32(26)30-14-19-11-21(29)13-24(33(35)36)25(19)37-15-18-7-5-16(2)6-8-18/h5-14,17H,4,15H2,1-3H3/t17-/m1/s1. The summed E-state index contributed by atoms with van der Waals surface area (Å²) in [6.07, 6.45) is 2.15. The predicted octanol–water partition coefficient (Wildman–Crippen LogP) is 7.11. The minimum atomic E-state index is -0.502. The molecule has 0 N–H and O–H groups in total. The Morgan fingerprint density at radius 2 is 1.86 bits per heavy atom. The van der Waals surface area contributed by atoms with Crippen LogP contribution in [0.25, 0.3) is 10.9 Å². The van der Waals surface area contributed by atoms with E-state index in [0.29, 0.717) is 26.8 Å². The zero-order chi connectivity index (χ0) is 26.7. The molecule has 3 aromatic carbocycles. The van der Waals surface area contributed by atoms with Gasteiger partial charge in [-0.1, -0.05) is 75.5 Å². The van der Waals surface area contributed by atoms with E-state index in [1.165, 1.54) is 17.0 Å². The monoisotopic (exact) mass is 626 g/mol. The molecule has 4 rings (SSSR count). The summed E-state index contributed by atoms with van der Waals surface area (Å²) in [6, 6.07) is 16.1. The molecular formula is C27H24Br2N4O4. The van der Waals surface area contributed by atoms with Crippen molar-refractivity contribution >= 4 is 54.7 Å². The Bertz CT molecular complexity index is 1570. The summed E-state index contributed by atoms with van der Waals surface area (Å²) < 4.78 is 8.45. The minimum Gasteiger partial charge on any atom is -0.481 e. The van der Waals surface area contributed by atoms with Crippen LogP contribution in [0.2, 0.25) is 0 Å². The Balaban J connectivity index is 1.83. The van der Waals surface area contributed by atoms with Crippen molar-refractivity contribution in [1.29, 1.82) is 0 Å². The van der Waals surface area contributed by atoms with Crippen LogP contribution in [0.5, 0.6) is 5.75 Å². The molecule has 1 heterocycles. The summed E-state index contributed by atoms with van der Waals surface area (Å²) in [5.74, 6) is 0.518. The van der Waals surface area contributed by atoms with Gasteiger partial charge in [-0.15, -0.1) is 0 Å². The third-order valence-electron chi connectivity index (χ3n) is 5.96. The van der Waals surface area contributed by atoms with E-state index >= 15 is 0 Å². The van der Waals surface area contributed by atoms with Gasteiger partial charge in [0.1, 0.15) is 12.4 Å². The molecule has 0 unspecified atom stereocenters. The maximum Gasteiger partial charge on any atom is 0.312 e. The number of nitro benzene ring substituents is 1. The fourth-order valence-electron chi connectivity index (χ4n) is 3.73. The average Bonchev–Trinajstić information content (AvgIpc) is 2.87. The van der Waals surface area contributed by atoms with Gasteiger partial charge in [-0.25, -0.2) is 4.98 Å². The molecule has 0 aliphatic rings. The topological polar surface area (TPSA) is 99.6 Å². The Hall–Kier alpha value is -3.37. The fraction of sp³-hybridized carbons (Fsp3) is 0.222. The average molecular weight is 628 g/mol. The van der Waals surface area contributed by atoms with Gasteiger partial charge in [-0.05, 0) is 43.2 Å². The summed E-state index contributed by atoms with van der Waals surface area (Å²) in [5, 5.41) is 16.7. The third-order valence-corrected chi connectivity index (χ3v) is 6.91. The number of aromatic nitrogens is 2. The van der Waals surface area contributed by atoms with E-state index in [-0.39, 0.29) is 29.5 Å². The predicted molar refractivity (Wildman–Crippen MR) is 152 cm³/mol. The summed E-state index contributed by atoms with van der Waals surface area (Å²) in [6.45, 7) is 6.09. The molecule has 8 nitrogen and oxygen atoms in total. The van der Waals surface area contributed by atoms with Gasteiger partial charge in [0.25, 0.3) is 5.56 Å². The molecule has 0 aliphatic heterocycles. The van der Waals surface area contributed by atoms with Crippen LogP contribution in [0, 0.1) is 17.0 Å². The minimum absolute atomic E-state index is 0.0491. The van der Waals surface area contributed by atoms with Gasteiger partial charge in [-0.2, -0.15) is 9.78 Å². The van der Waals surface area contributed by atoms with Crippen molar-refractivity contribution in [1.82, 2.24) is 9.66 Å². The second kappa shape index (κ2) is 11.4. The largest absolute Gasteiger partial charge is 0.481 e. The van der Waals surface area contributed by atoms with Crippen molar-refractivity contribution in [2.45, 2.75) is 39.7 Å². The van der Waals surface area contributed by atoms with E-state index < -0.39 is 4.92 Å². The van der Waals surface area contributed by atoms with E-state index in [4.69, 9.17) is 9.72 Å². The Kier molecular flexibility index (Phi) is 8.19. The lowest BCUT2D eigenvalue weighted by Gasteiger charge is -2.14. The van der Waals surface area contributed by atoms with Crippen LogP contribution in [-0.4, -0.2) is 20.8 Å². The smallest absolute Gasteiger partial charge is 0.312 e. The number of aryl methyl sites for hydroxylation is 1. The molecule has 0 fully saturated rings. The molecule has 0 amide bonds. The van der Waals surface area contributed by atoms with Crippen LogP contribution in [0.3, 0.4) is 0 Å². The molecular weight excluding hydrogens is 604 g/mol. The van der Waals surface area contributed by atoms with Crippen molar-refractivity contribution in [3.8, 4) is 5.75 Å². The van der Waals surface area contributed by atoms with Crippen molar-refractivity contribution < 1.29 is 9.66 Å². The summed E-state index contributed by atoms with van der Waals surface area (Å²) in [5.41, 5.74) is 2.36. The first kappa shape index (κ1) is 26.7. The van der Waals surface area contributed by atoms with Crippen molar-refractivity contribution in [2.75, 3.05) is 0 Å². The number of fused-ring (bicyclic) bond motifs is 1. The molecule has 0 aliphatic carbocycles. The molecule has 0 radical (unpaired) electrons. The van der Waals surface area contributed by atoms with Crippen molar-refractivity contribution in [3.63, 3.8) is 0 Å². The molecule has 1 atom stereocenters. The highest BCUT2D eigenvalue weighted by Crippen LogP contribution is 2.34. The number of rotatable bonds is 8. The van der Waals surface area contributed by atoms with Gasteiger partial charge in [0.15, 0.2) is 0 Å². The number of ether oxygens (including phenoxy) is 1. The lowest BCUT2D eigenvalue weighted by molar-refractivity contribution is -0.386. The highest BCUT2D eigenvalue weighted by atomic mass is 79.9. The maximum atomic E-state index is 13.4. The molecule has 0 spiro atoms. The number of halogens is 2. The number of hydrogen-bond acceptors (Lipinski definition) is 6. The second-order valence-corrected chi connectivity index (χ2v) is 10.5. The van der Waals surface area contributed by atoms with Crippen LogP contribution in [0.15, 0.2) is 73.4 Å². The lowest BCUT2D eigenvalue weighted by atomic mass is 10.1. The van der Waals surface area contributed by atoms with E-state index in [0.717, 1.165) is 22.0 Å². The van der Waals surface area contributed by atoms with Crippen LogP contribution in [0.1, 0.15) is 48.7 Å². The highest BCUT2D eigenvalue weighted by molar-refractivity contribution is 9.10. The first-order chi connectivity index (χ1) is 17.7.